The van der Waals surface area contributed by atoms with E-state index in [1.807, 2.05) is 32.1 Å². The lowest BCUT2D eigenvalue weighted by Crippen LogP contribution is -2.62. The van der Waals surface area contributed by atoms with Crippen LogP contribution < -0.4 is 0 Å². The number of Topliss-reactive ketones (excluding diaryl/α,β-unsaturated/α-hetero) is 2. The average molecular weight is 869 g/mol. The van der Waals surface area contributed by atoms with Gasteiger partial charge >= 0.3 is 5.97 Å². The smallest absolute Gasteiger partial charge is 0.330 e. The highest BCUT2D eigenvalue weighted by molar-refractivity contribution is 7.86. The number of aliphatic hydroxyl groups excluding tert-OH is 3. The number of carbonyl (C=O) groups is 3. The molecule has 344 valence electrons. The predicted octanol–water partition coefficient (Wildman–Crippen LogP) is 5.87. The molecule has 3 rings (SSSR count). The molecule has 13 nitrogen and oxygen atoms in total. The van der Waals surface area contributed by atoms with Crippen LogP contribution in [0.1, 0.15) is 121 Å². The summed E-state index contributed by atoms with van der Waals surface area (Å²) in [5, 5.41) is 44.8. The minimum Gasteiger partial charge on any atom is -0.458 e. The predicted molar refractivity (Wildman–Crippen MR) is 229 cm³/mol. The Morgan fingerprint density at radius 2 is 1.50 bits per heavy atom. The summed E-state index contributed by atoms with van der Waals surface area (Å²) in [6.45, 7) is 18.8. The second kappa shape index (κ2) is 21.9. The van der Waals surface area contributed by atoms with Gasteiger partial charge in [-0.2, -0.15) is 8.42 Å². The number of esters is 1. The van der Waals surface area contributed by atoms with Gasteiger partial charge in [0.1, 0.15) is 17.5 Å². The molecule has 0 unspecified atom stereocenters. The summed E-state index contributed by atoms with van der Waals surface area (Å²) in [7, 11) is -3.68. The minimum atomic E-state index is -3.68. The SMILES string of the molecule is CC[C@H]1/C=C/C=C/C[C@@H](C)[C@H](O)[C@@](C)(O)C(=O)[C@@H](C)[C@H](O)[C@@H](C)C(=O)[C@@H](C)[C@H](O)[C@@H](C)/C=C/C(=O)O[C@@H]2[C@H](C)[C@H](CC1)O[C@]1(CC[C@H](C)[C@H](C[C@@H](C)OS(C)(=O)=O)O1)[C@@H]2C. The van der Waals surface area contributed by atoms with Gasteiger partial charge in [0.05, 0.1) is 42.9 Å². The van der Waals surface area contributed by atoms with E-state index in [2.05, 4.69) is 19.9 Å². The maximum atomic E-state index is 13.6. The standard InChI is InChI=1S/C46H76O13S/c1-13-35-18-16-14-15-17-28(4)43(51)45(11,53)44(52)33(9)41(50)32(8)40(49)31(7)39(48)27(3)19-22-38(47)56-42-30(6)36(21-20-35)57-46(34(42)10)24-23-26(2)37(58-46)25-29(5)59-60(12,54)55/h14-16,18-19,22,26-37,39,41-43,48,50-51,53H,13,17,20-21,23-25H2,1-12H3/b15-14+,18-16+,22-19+/t26-,27-,28+,29+,30+,31-,32-,33-,34+,35-,36-,37-,39+,41+,42+,43-,45+,46-/m0/s1. The highest BCUT2D eigenvalue weighted by Gasteiger charge is 2.56. The lowest BCUT2D eigenvalue weighted by molar-refractivity contribution is -0.371. The monoisotopic (exact) mass is 869 g/mol. The van der Waals surface area contributed by atoms with Crippen LogP contribution in [0.5, 0.6) is 0 Å². The third-order valence-electron chi connectivity index (χ3n) is 13.8. The van der Waals surface area contributed by atoms with Crippen LogP contribution in [0.25, 0.3) is 0 Å². The number of aliphatic hydroxyl groups is 4. The Morgan fingerprint density at radius 3 is 2.12 bits per heavy atom. The lowest BCUT2D eigenvalue weighted by atomic mass is 9.74. The van der Waals surface area contributed by atoms with Crippen molar-refractivity contribution in [1.82, 2.24) is 0 Å². The van der Waals surface area contributed by atoms with E-state index in [4.69, 9.17) is 18.4 Å². The molecule has 3 heterocycles. The molecule has 0 saturated carbocycles. The van der Waals surface area contributed by atoms with Gasteiger partial charge in [0, 0.05) is 54.4 Å². The molecule has 0 aromatic heterocycles. The van der Waals surface area contributed by atoms with Crippen molar-refractivity contribution in [3.8, 4) is 0 Å². The number of hydrogen-bond acceptors (Lipinski definition) is 13. The zero-order chi connectivity index (χ0) is 45.5. The van der Waals surface area contributed by atoms with Crippen molar-refractivity contribution in [1.29, 1.82) is 0 Å². The average Bonchev–Trinajstić information content (AvgIpc) is 3.19. The first-order chi connectivity index (χ1) is 27.8. The van der Waals surface area contributed by atoms with Crippen molar-refractivity contribution >= 4 is 27.7 Å². The number of ketones is 2. The van der Waals surface area contributed by atoms with E-state index in [1.165, 1.54) is 39.8 Å². The summed E-state index contributed by atoms with van der Waals surface area (Å²) in [5.74, 6) is -7.95. The van der Waals surface area contributed by atoms with E-state index in [1.54, 1.807) is 20.8 Å². The second-order valence-electron chi connectivity index (χ2n) is 18.7. The van der Waals surface area contributed by atoms with Crippen LogP contribution in [-0.2, 0) is 42.9 Å². The van der Waals surface area contributed by atoms with Crippen LogP contribution in [0, 0.1) is 53.3 Å². The van der Waals surface area contributed by atoms with E-state index in [0.29, 0.717) is 25.7 Å². The van der Waals surface area contributed by atoms with Crippen LogP contribution >= 0.6 is 0 Å². The van der Waals surface area contributed by atoms with Crippen molar-refractivity contribution in [3.05, 3.63) is 36.5 Å². The van der Waals surface area contributed by atoms with E-state index in [9.17, 15) is 43.2 Å². The number of ether oxygens (including phenoxy) is 3. The number of fused-ring (bicyclic) bond motifs is 2. The number of rotatable bonds is 5. The lowest BCUT2D eigenvalue weighted by Gasteiger charge is -2.55. The maximum Gasteiger partial charge on any atom is 0.330 e. The molecule has 0 aromatic rings. The van der Waals surface area contributed by atoms with E-state index in [0.717, 1.165) is 25.5 Å². The molecule has 14 heteroatoms. The molecule has 2 bridgehead atoms. The molecule has 0 aromatic carbocycles. The summed E-state index contributed by atoms with van der Waals surface area (Å²) >= 11 is 0. The van der Waals surface area contributed by atoms with Gasteiger partial charge in [0.15, 0.2) is 11.6 Å². The summed E-state index contributed by atoms with van der Waals surface area (Å²) < 4.78 is 49.2. The van der Waals surface area contributed by atoms with Crippen LogP contribution in [0.3, 0.4) is 0 Å². The number of hydrogen-bond donors (Lipinski definition) is 4. The Labute approximate surface area is 359 Å². The first-order valence-corrected chi connectivity index (χ1v) is 23.9. The van der Waals surface area contributed by atoms with Gasteiger partial charge in [-0.05, 0) is 63.7 Å². The van der Waals surface area contributed by atoms with E-state index < -0.39 is 105 Å². The van der Waals surface area contributed by atoms with Crippen molar-refractivity contribution in [3.63, 3.8) is 0 Å². The third kappa shape index (κ3) is 13.1. The van der Waals surface area contributed by atoms with E-state index in [-0.39, 0.29) is 30.0 Å². The fourth-order valence-corrected chi connectivity index (χ4v) is 10.0. The third-order valence-corrected chi connectivity index (χ3v) is 14.4. The van der Waals surface area contributed by atoms with Crippen LogP contribution in [0.15, 0.2) is 36.5 Å². The summed E-state index contributed by atoms with van der Waals surface area (Å²) in [6.07, 6.45) is 9.53. The molecule has 18 atom stereocenters. The molecule has 60 heavy (non-hydrogen) atoms. The molecule has 0 radical (unpaired) electrons. The van der Waals surface area contributed by atoms with Gasteiger partial charge in [0.25, 0.3) is 10.1 Å². The normalized spacial score (nSPS) is 44.7. The zero-order valence-corrected chi connectivity index (χ0v) is 38.8. The van der Waals surface area contributed by atoms with Gasteiger partial charge < -0.3 is 34.6 Å². The molecule has 0 aliphatic carbocycles. The Balaban J connectivity index is 2.00. The van der Waals surface area contributed by atoms with Crippen LogP contribution in [0.2, 0.25) is 0 Å². The summed E-state index contributed by atoms with van der Waals surface area (Å²) in [6, 6.07) is 0. The van der Waals surface area contributed by atoms with Gasteiger partial charge in [-0.3, -0.25) is 13.8 Å². The van der Waals surface area contributed by atoms with Crippen molar-refractivity contribution in [2.75, 3.05) is 6.26 Å². The highest BCUT2D eigenvalue weighted by Crippen LogP contribution is 2.49. The zero-order valence-electron chi connectivity index (χ0n) is 38.0. The van der Waals surface area contributed by atoms with Gasteiger partial charge in [-0.25, -0.2) is 4.79 Å². The molecule has 3 aliphatic rings. The van der Waals surface area contributed by atoms with Crippen molar-refractivity contribution in [2.24, 2.45) is 53.3 Å². The molecular formula is C46H76O13S. The highest BCUT2D eigenvalue weighted by atomic mass is 32.2. The van der Waals surface area contributed by atoms with Gasteiger partial charge in [0.2, 0.25) is 0 Å². The quantitative estimate of drug-likeness (QED) is 0.189. The topological polar surface area (TPSA) is 203 Å². The first kappa shape index (κ1) is 52.0. The molecule has 2 saturated heterocycles. The summed E-state index contributed by atoms with van der Waals surface area (Å²) in [4.78, 5) is 40.7. The Kier molecular flexibility index (Phi) is 19.0. The molecule has 3 aliphatic heterocycles. The Morgan fingerprint density at radius 1 is 0.867 bits per heavy atom. The molecule has 0 amide bonds. The number of carbonyl (C=O) groups excluding carboxylic acids is 3. The molecular weight excluding hydrogens is 793 g/mol. The van der Waals surface area contributed by atoms with Gasteiger partial charge in [-0.1, -0.05) is 92.7 Å². The van der Waals surface area contributed by atoms with Crippen molar-refractivity contribution < 1.29 is 61.6 Å². The molecule has 1 spiro atoms. The fraction of sp³-hybridized carbons (Fsp3) is 0.804. The maximum absolute atomic E-state index is 13.6. The largest absolute Gasteiger partial charge is 0.458 e. The summed E-state index contributed by atoms with van der Waals surface area (Å²) in [5.41, 5.74) is -2.20. The van der Waals surface area contributed by atoms with Crippen LogP contribution in [0.4, 0.5) is 0 Å². The minimum absolute atomic E-state index is 0.0861. The fourth-order valence-electron chi connectivity index (χ4n) is 9.34. The molecule has 4 N–H and O–H groups in total. The van der Waals surface area contributed by atoms with Crippen LogP contribution in [-0.4, -0.2) is 107 Å². The first-order valence-electron chi connectivity index (χ1n) is 22.1. The molecule has 2 fully saturated rings. The van der Waals surface area contributed by atoms with Gasteiger partial charge in [-0.15, -0.1) is 0 Å². The number of allylic oxidation sites excluding steroid dienone is 4. The Hall–Kier alpha value is -2.30. The van der Waals surface area contributed by atoms with E-state index >= 15 is 0 Å². The van der Waals surface area contributed by atoms with Crippen molar-refractivity contribution in [2.45, 2.75) is 175 Å². The Bertz CT molecular complexity index is 1640. The second-order valence-corrected chi connectivity index (χ2v) is 20.3.